The fourth-order valence-corrected chi connectivity index (χ4v) is 3.96. The number of rotatable bonds is 2. The van der Waals surface area contributed by atoms with Crippen LogP contribution in [0.15, 0.2) is 28.0 Å². The lowest BCUT2D eigenvalue weighted by molar-refractivity contribution is 1.12. The van der Waals surface area contributed by atoms with Crippen molar-refractivity contribution in [2.75, 3.05) is 0 Å². The number of hydrogen-bond acceptors (Lipinski definition) is 1. The number of hydrogen-bond donors (Lipinski definition) is 0. The second-order valence-corrected chi connectivity index (χ2v) is 6.95. The van der Waals surface area contributed by atoms with Crippen molar-refractivity contribution < 1.29 is 0 Å². The minimum atomic E-state index is 1.34. The first-order valence-corrected chi connectivity index (χ1v) is 7.96. The van der Waals surface area contributed by atoms with Crippen LogP contribution in [0.4, 0.5) is 0 Å². The Morgan fingerprint density at radius 2 is 1.10 bits per heavy atom. The molecule has 0 aliphatic heterocycles. The smallest absolute Gasteiger partial charge is 0.0186 e. The van der Waals surface area contributed by atoms with Crippen LogP contribution in [-0.2, 0) is 0 Å². The summed E-state index contributed by atoms with van der Waals surface area (Å²) in [6.45, 7) is 15.5. The van der Waals surface area contributed by atoms with E-state index in [-0.39, 0.29) is 0 Å². The maximum atomic E-state index is 2.31. The summed E-state index contributed by atoms with van der Waals surface area (Å²) < 4.78 is 0. The van der Waals surface area contributed by atoms with Gasteiger partial charge in [0.25, 0.3) is 0 Å². The summed E-state index contributed by atoms with van der Waals surface area (Å²) >= 11 is 1.92. The van der Waals surface area contributed by atoms with Crippen LogP contribution in [0.1, 0.15) is 38.9 Å². The van der Waals surface area contributed by atoms with E-state index in [1.807, 2.05) is 11.8 Å². The molecule has 0 aliphatic carbocycles. The van der Waals surface area contributed by atoms with Gasteiger partial charge in [-0.05, 0) is 93.5 Å². The van der Waals surface area contributed by atoms with Gasteiger partial charge in [0.2, 0.25) is 0 Å². The van der Waals surface area contributed by atoms with Crippen LogP contribution in [0.2, 0.25) is 0 Å². The number of benzene rings is 2. The largest absolute Gasteiger partial charge is 0.0892 e. The molecule has 0 radical (unpaired) electrons. The van der Waals surface area contributed by atoms with Crippen LogP contribution >= 0.6 is 11.8 Å². The minimum Gasteiger partial charge on any atom is -0.0892 e. The van der Waals surface area contributed by atoms with Crippen LogP contribution < -0.4 is 0 Å². The lowest BCUT2D eigenvalue weighted by Gasteiger charge is -2.17. The van der Waals surface area contributed by atoms with Crippen LogP contribution in [0.3, 0.4) is 0 Å². The second-order valence-electron chi connectivity index (χ2n) is 5.90. The third kappa shape index (κ3) is 2.78. The monoisotopic (exact) mass is 284 g/mol. The Kier molecular flexibility index (Phi) is 4.29. The molecule has 0 bridgehead atoms. The Morgan fingerprint density at radius 1 is 0.600 bits per heavy atom. The Morgan fingerprint density at radius 3 is 1.65 bits per heavy atom. The van der Waals surface area contributed by atoms with Gasteiger partial charge in [-0.25, -0.2) is 0 Å². The van der Waals surface area contributed by atoms with Crippen molar-refractivity contribution in [2.45, 2.75) is 58.3 Å². The molecule has 2 rings (SSSR count). The van der Waals surface area contributed by atoms with Gasteiger partial charge in [-0.15, -0.1) is 0 Å². The van der Waals surface area contributed by atoms with Crippen molar-refractivity contribution in [2.24, 2.45) is 0 Å². The van der Waals surface area contributed by atoms with E-state index in [1.165, 1.54) is 48.7 Å². The highest BCUT2D eigenvalue weighted by Gasteiger charge is 2.12. The van der Waals surface area contributed by atoms with E-state index in [0.29, 0.717) is 0 Å². The van der Waals surface area contributed by atoms with Crippen molar-refractivity contribution in [3.8, 4) is 0 Å². The quantitative estimate of drug-likeness (QED) is 0.652. The van der Waals surface area contributed by atoms with Crippen molar-refractivity contribution >= 4 is 11.8 Å². The third-order valence-electron chi connectivity index (χ3n) is 4.27. The molecule has 0 unspecified atom stereocenters. The zero-order valence-corrected chi connectivity index (χ0v) is 14.5. The van der Waals surface area contributed by atoms with Gasteiger partial charge in [0.05, 0.1) is 0 Å². The summed E-state index contributed by atoms with van der Waals surface area (Å²) in [5.74, 6) is 0. The van der Waals surface area contributed by atoms with E-state index in [1.54, 1.807) is 0 Å². The maximum Gasteiger partial charge on any atom is 0.0186 e. The Balaban J connectivity index is 2.56. The average Bonchev–Trinajstić information content (AvgIpc) is 2.37. The normalized spacial score (nSPS) is 10.9. The van der Waals surface area contributed by atoms with E-state index < -0.39 is 0 Å². The average molecular weight is 284 g/mol. The lowest BCUT2D eigenvalue weighted by Crippen LogP contribution is -1.95. The van der Waals surface area contributed by atoms with Gasteiger partial charge in [0.15, 0.2) is 0 Å². The first-order chi connectivity index (χ1) is 9.31. The molecule has 0 heterocycles. The Labute approximate surface area is 127 Å². The van der Waals surface area contributed by atoms with Gasteiger partial charge >= 0.3 is 0 Å². The fourth-order valence-electron chi connectivity index (χ4n) is 2.55. The molecule has 2 aromatic carbocycles. The van der Waals surface area contributed by atoms with E-state index in [9.17, 15) is 0 Å². The standard InChI is InChI=1S/C19H24S/c1-11-8-12(2)15(5)18(9-11)20-19-16(6)13(3)10-14(4)17(19)7/h8-10H,1-7H3. The predicted octanol–water partition coefficient (Wildman–Crippen LogP) is 6.00. The van der Waals surface area contributed by atoms with Crippen molar-refractivity contribution in [3.63, 3.8) is 0 Å². The van der Waals surface area contributed by atoms with Gasteiger partial charge in [0, 0.05) is 9.79 Å². The molecular weight excluding hydrogens is 260 g/mol. The molecule has 0 N–H and O–H groups in total. The van der Waals surface area contributed by atoms with E-state index in [2.05, 4.69) is 66.7 Å². The van der Waals surface area contributed by atoms with Gasteiger partial charge in [-0.1, -0.05) is 23.9 Å². The molecule has 0 spiro atoms. The summed E-state index contributed by atoms with van der Waals surface area (Å²) in [5, 5.41) is 0. The molecule has 106 valence electrons. The van der Waals surface area contributed by atoms with Crippen LogP contribution in [0.25, 0.3) is 0 Å². The Hall–Kier alpha value is -1.21. The van der Waals surface area contributed by atoms with E-state index in [0.717, 1.165) is 0 Å². The predicted molar refractivity (Wildman–Crippen MR) is 90.2 cm³/mol. The molecule has 0 aromatic heterocycles. The van der Waals surface area contributed by atoms with Crippen molar-refractivity contribution in [3.05, 3.63) is 57.1 Å². The summed E-state index contributed by atoms with van der Waals surface area (Å²) in [6, 6.07) is 6.87. The molecule has 0 nitrogen and oxygen atoms in total. The maximum absolute atomic E-state index is 2.31. The van der Waals surface area contributed by atoms with Crippen LogP contribution in [0.5, 0.6) is 0 Å². The summed E-state index contributed by atoms with van der Waals surface area (Å²) in [5.41, 5.74) is 9.73. The van der Waals surface area contributed by atoms with Gasteiger partial charge in [0.1, 0.15) is 0 Å². The first kappa shape index (κ1) is 15.2. The molecule has 0 atom stereocenters. The molecule has 0 saturated heterocycles. The van der Waals surface area contributed by atoms with Gasteiger partial charge in [-0.3, -0.25) is 0 Å². The zero-order chi connectivity index (χ0) is 15.0. The molecule has 1 heteroatoms. The highest BCUT2D eigenvalue weighted by atomic mass is 32.2. The molecule has 0 saturated carbocycles. The third-order valence-corrected chi connectivity index (χ3v) is 5.73. The number of aryl methyl sites for hydroxylation is 4. The molecule has 0 aliphatic rings. The molecule has 2 aromatic rings. The van der Waals surface area contributed by atoms with Gasteiger partial charge < -0.3 is 0 Å². The fraction of sp³-hybridized carbons (Fsp3) is 0.368. The first-order valence-electron chi connectivity index (χ1n) is 7.14. The minimum absolute atomic E-state index is 1.34. The highest BCUT2D eigenvalue weighted by molar-refractivity contribution is 7.99. The topological polar surface area (TPSA) is 0 Å². The summed E-state index contributed by atoms with van der Waals surface area (Å²) in [4.78, 5) is 2.81. The molecule has 0 amide bonds. The highest BCUT2D eigenvalue weighted by Crippen LogP contribution is 2.38. The lowest BCUT2D eigenvalue weighted by atomic mass is 10.0. The van der Waals surface area contributed by atoms with Gasteiger partial charge in [-0.2, -0.15) is 0 Å². The zero-order valence-electron chi connectivity index (χ0n) is 13.6. The van der Waals surface area contributed by atoms with Crippen LogP contribution in [-0.4, -0.2) is 0 Å². The molecule has 20 heavy (non-hydrogen) atoms. The second kappa shape index (κ2) is 5.65. The summed E-state index contributed by atoms with van der Waals surface area (Å²) in [7, 11) is 0. The molecular formula is C19H24S. The van der Waals surface area contributed by atoms with Crippen LogP contribution in [0, 0.1) is 48.5 Å². The SMILES string of the molecule is Cc1cc(C)c(C)c(Sc2c(C)c(C)cc(C)c2C)c1. The summed E-state index contributed by atoms with van der Waals surface area (Å²) in [6.07, 6.45) is 0. The Bertz CT molecular complexity index is 640. The van der Waals surface area contributed by atoms with E-state index in [4.69, 9.17) is 0 Å². The van der Waals surface area contributed by atoms with E-state index >= 15 is 0 Å². The van der Waals surface area contributed by atoms with Crippen molar-refractivity contribution in [1.82, 2.24) is 0 Å². The molecule has 0 fully saturated rings. The van der Waals surface area contributed by atoms with Crippen molar-refractivity contribution in [1.29, 1.82) is 0 Å².